The monoisotopic (exact) mass is 372 g/mol. The minimum Gasteiger partial charge on any atom is -0.339 e. The summed E-state index contributed by atoms with van der Waals surface area (Å²) in [7, 11) is -1.60. The Balaban J connectivity index is 1.76. The van der Waals surface area contributed by atoms with Gasteiger partial charge in [0, 0.05) is 18.7 Å². The molecule has 1 saturated heterocycles. The van der Waals surface area contributed by atoms with Crippen molar-refractivity contribution in [2.45, 2.75) is 29.5 Å². The molecule has 26 heavy (non-hydrogen) atoms. The molecule has 3 rings (SSSR count). The van der Waals surface area contributed by atoms with E-state index in [1.54, 1.807) is 59.5 Å². The van der Waals surface area contributed by atoms with Crippen LogP contribution in [0.4, 0.5) is 0 Å². The number of nitrogens with zero attached hydrogens (tertiary/aromatic N) is 1. The first-order chi connectivity index (χ1) is 12.5. The number of sulfone groups is 1. The van der Waals surface area contributed by atoms with Crippen molar-refractivity contribution in [3.8, 4) is 0 Å². The summed E-state index contributed by atoms with van der Waals surface area (Å²) in [4.78, 5) is 14.9. The van der Waals surface area contributed by atoms with E-state index < -0.39 is 9.84 Å². The van der Waals surface area contributed by atoms with E-state index in [9.17, 15) is 13.2 Å². The van der Waals surface area contributed by atoms with E-state index in [2.05, 4.69) is 5.32 Å². The second kappa shape index (κ2) is 8.01. The highest BCUT2D eigenvalue weighted by atomic mass is 32.2. The van der Waals surface area contributed by atoms with Gasteiger partial charge in [0.25, 0.3) is 5.91 Å². The molecule has 1 aliphatic heterocycles. The maximum Gasteiger partial charge on any atom is 0.253 e. The molecule has 0 bridgehead atoms. The lowest BCUT2D eigenvalue weighted by molar-refractivity contribution is 0.0703. The van der Waals surface area contributed by atoms with Crippen LogP contribution in [0.2, 0.25) is 0 Å². The number of amides is 1. The zero-order valence-corrected chi connectivity index (χ0v) is 15.7. The molecule has 1 heterocycles. The Hall–Kier alpha value is -2.18. The van der Waals surface area contributed by atoms with Crippen LogP contribution in [0.15, 0.2) is 59.5 Å². The topological polar surface area (TPSA) is 66.5 Å². The highest BCUT2D eigenvalue weighted by molar-refractivity contribution is 7.90. The normalized spacial score (nSPS) is 15.6. The van der Waals surface area contributed by atoms with E-state index in [-0.39, 0.29) is 17.7 Å². The Morgan fingerprint density at radius 1 is 1.08 bits per heavy atom. The molecule has 1 fully saturated rings. The van der Waals surface area contributed by atoms with Crippen molar-refractivity contribution < 1.29 is 13.2 Å². The molecule has 2 aromatic carbocycles. The van der Waals surface area contributed by atoms with Crippen LogP contribution < -0.4 is 5.32 Å². The van der Waals surface area contributed by atoms with Crippen LogP contribution >= 0.6 is 0 Å². The van der Waals surface area contributed by atoms with Gasteiger partial charge in [-0.2, -0.15) is 0 Å². The summed E-state index contributed by atoms with van der Waals surface area (Å²) in [5.74, 6) is -0.175. The number of carbonyl (C=O) groups excluding carboxylic acids is 1. The molecule has 6 heteroatoms. The van der Waals surface area contributed by atoms with Crippen LogP contribution in [0.3, 0.4) is 0 Å². The van der Waals surface area contributed by atoms with E-state index in [4.69, 9.17) is 0 Å². The van der Waals surface area contributed by atoms with E-state index in [1.807, 2.05) is 7.05 Å². The van der Waals surface area contributed by atoms with Gasteiger partial charge in [-0.3, -0.25) is 4.79 Å². The summed E-state index contributed by atoms with van der Waals surface area (Å²) < 4.78 is 25.1. The molecule has 1 amide bonds. The van der Waals surface area contributed by atoms with Crippen LogP contribution in [0.25, 0.3) is 0 Å². The number of rotatable bonds is 5. The third-order valence-electron chi connectivity index (χ3n) is 4.81. The number of benzene rings is 2. The number of nitrogens with one attached hydrogen (secondary N) is 1. The van der Waals surface area contributed by atoms with E-state index in [0.717, 1.165) is 25.9 Å². The van der Waals surface area contributed by atoms with Crippen LogP contribution in [-0.4, -0.2) is 45.4 Å². The molecule has 1 aliphatic rings. The number of carbonyl (C=O) groups is 1. The van der Waals surface area contributed by atoms with Gasteiger partial charge in [0.05, 0.1) is 10.6 Å². The Labute approximate surface area is 154 Å². The number of hydrogen-bond acceptors (Lipinski definition) is 4. The standard InChI is InChI=1S/C20H24N2O3S/c1-22(18-10-12-21-13-11-18)20(23)17-7-5-6-16(14-17)15-26(24,25)19-8-3-2-4-9-19/h2-9,14,18,21H,10-13,15H2,1H3. The molecule has 0 radical (unpaired) electrons. The van der Waals surface area contributed by atoms with E-state index in [1.165, 1.54) is 0 Å². The highest BCUT2D eigenvalue weighted by Gasteiger charge is 2.23. The van der Waals surface area contributed by atoms with Crippen molar-refractivity contribution in [2.24, 2.45) is 0 Å². The zero-order valence-electron chi connectivity index (χ0n) is 14.9. The Morgan fingerprint density at radius 2 is 1.77 bits per heavy atom. The summed E-state index contributed by atoms with van der Waals surface area (Å²) in [5, 5.41) is 3.29. The van der Waals surface area contributed by atoms with Gasteiger partial charge in [0.1, 0.15) is 0 Å². The third kappa shape index (κ3) is 4.31. The van der Waals surface area contributed by atoms with E-state index in [0.29, 0.717) is 16.0 Å². The molecule has 0 aromatic heterocycles. The van der Waals surface area contributed by atoms with Crippen LogP contribution in [-0.2, 0) is 15.6 Å². The molecule has 1 N–H and O–H groups in total. The summed E-state index contributed by atoms with van der Waals surface area (Å²) in [6.07, 6.45) is 1.87. The maximum absolute atomic E-state index is 12.8. The predicted octanol–water partition coefficient (Wildman–Crippen LogP) is 2.48. The van der Waals surface area contributed by atoms with Gasteiger partial charge >= 0.3 is 0 Å². The minimum atomic E-state index is -3.43. The fraction of sp³-hybridized carbons (Fsp3) is 0.350. The fourth-order valence-electron chi connectivity index (χ4n) is 3.29. The molecule has 2 aromatic rings. The van der Waals surface area contributed by atoms with Crippen molar-refractivity contribution >= 4 is 15.7 Å². The first kappa shape index (κ1) is 18.6. The summed E-state index contributed by atoms with van der Waals surface area (Å²) >= 11 is 0. The lowest BCUT2D eigenvalue weighted by Gasteiger charge is -2.31. The number of hydrogen-bond donors (Lipinski definition) is 1. The Bertz CT molecular complexity index is 860. The molecule has 0 unspecified atom stereocenters. The Kier molecular flexibility index (Phi) is 5.74. The highest BCUT2D eigenvalue weighted by Crippen LogP contribution is 2.19. The molecule has 0 atom stereocenters. The lowest BCUT2D eigenvalue weighted by Crippen LogP contribution is -2.43. The summed E-state index contributed by atoms with van der Waals surface area (Å²) in [6.45, 7) is 1.83. The summed E-state index contributed by atoms with van der Waals surface area (Å²) in [6, 6.07) is 15.6. The van der Waals surface area contributed by atoms with Gasteiger partial charge in [-0.1, -0.05) is 30.3 Å². The quantitative estimate of drug-likeness (QED) is 0.876. The number of piperidine rings is 1. The maximum atomic E-state index is 12.8. The van der Waals surface area contributed by atoms with Gasteiger partial charge < -0.3 is 10.2 Å². The van der Waals surface area contributed by atoms with Crippen molar-refractivity contribution in [1.29, 1.82) is 0 Å². The second-order valence-electron chi connectivity index (χ2n) is 6.67. The fourth-order valence-corrected chi connectivity index (χ4v) is 4.65. The molecule has 0 spiro atoms. The minimum absolute atomic E-state index is 0.0594. The van der Waals surface area contributed by atoms with Crippen molar-refractivity contribution in [3.63, 3.8) is 0 Å². The smallest absolute Gasteiger partial charge is 0.253 e. The molecule has 5 nitrogen and oxygen atoms in total. The largest absolute Gasteiger partial charge is 0.339 e. The van der Waals surface area contributed by atoms with Gasteiger partial charge in [0.15, 0.2) is 9.84 Å². The van der Waals surface area contributed by atoms with Crippen molar-refractivity contribution in [1.82, 2.24) is 10.2 Å². The van der Waals surface area contributed by atoms with Gasteiger partial charge in [-0.15, -0.1) is 0 Å². The SMILES string of the molecule is CN(C(=O)c1cccc(CS(=O)(=O)c2ccccc2)c1)C1CCNCC1. The molecular formula is C20H24N2O3S. The van der Waals surface area contributed by atoms with Crippen LogP contribution in [0.5, 0.6) is 0 Å². The molecule has 0 aliphatic carbocycles. The zero-order chi connectivity index (χ0) is 18.6. The average Bonchev–Trinajstić information content (AvgIpc) is 2.68. The predicted molar refractivity (Wildman–Crippen MR) is 102 cm³/mol. The van der Waals surface area contributed by atoms with Crippen LogP contribution in [0.1, 0.15) is 28.8 Å². The molecular weight excluding hydrogens is 348 g/mol. The average molecular weight is 372 g/mol. The first-order valence-electron chi connectivity index (χ1n) is 8.82. The first-order valence-corrected chi connectivity index (χ1v) is 10.5. The van der Waals surface area contributed by atoms with Gasteiger partial charge in [-0.25, -0.2) is 8.42 Å². The Morgan fingerprint density at radius 3 is 2.46 bits per heavy atom. The van der Waals surface area contributed by atoms with Gasteiger partial charge in [0.2, 0.25) is 0 Å². The molecule has 138 valence electrons. The lowest BCUT2D eigenvalue weighted by atomic mass is 10.0. The van der Waals surface area contributed by atoms with Crippen molar-refractivity contribution in [3.05, 3.63) is 65.7 Å². The third-order valence-corrected chi connectivity index (χ3v) is 6.51. The van der Waals surface area contributed by atoms with Crippen LogP contribution in [0, 0.1) is 0 Å². The van der Waals surface area contributed by atoms with Gasteiger partial charge in [-0.05, 0) is 55.8 Å². The molecule has 0 saturated carbocycles. The summed E-state index contributed by atoms with van der Waals surface area (Å²) in [5.41, 5.74) is 1.16. The van der Waals surface area contributed by atoms with Crippen molar-refractivity contribution in [2.75, 3.05) is 20.1 Å². The van der Waals surface area contributed by atoms with E-state index >= 15 is 0 Å². The second-order valence-corrected chi connectivity index (χ2v) is 8.66.